The maximum atomic E-state index is 6.03. The molecule has 1 aromatic rings. The minimum absolute atomic E-state index is 0.666. The van der Waals surface area contributed by atoms with Crippen molar-refractivity contribution in [3.8, 4) is 5.75 Å². The Labute approximate surface area is 86.1 Å². The summed E-state index contributed by atoms with van der Waals surface area (Å²) in [5.74, 6) is 0.821. The lowest BCUT2D eigenvalue weighted by atomic mass is 10.0. The summed E-state index contributed by atoms with van der Waals surface area (Å²) in [6, 6.07) is 4.08. The first-order valence-electron chi connectivity index (χ1n) is 5.27. The van der Waals surface area contributed by atoms with Gasteiger partial charge >= 0.3 is 0 Å². The zero-order valence-electron chi connectivity index (χ0n) is 9.26. The van der Waals surface area contributed by atoms with Crippen LogP contribution in [-0.2, 0) is 12.8 Å². The molecular weight excluding hydrogens is 174 g/mol. The second kappa shape index (κ2) is 4.89. The number of benzene rings is 1. The van der Waals surface area contributed by atoms with E-state index in [4.69, 9.17) is 10.5 Å². The van der Waals surface area contributed by atoms with Crippen molar-refractivity contribution in [3.63, 3.8) is 0 Å². The topological polar surface area (TPSA) is 35.2 Å². The van der Waals surface area contributed by atoms with Crippen molar-refractivity contribution in [2.45, 2.75) is 33.6 Å². The number of aryl methyl sites for hydroxylation is 1. The minimum atomic E-state index is 0.666. The van der Waals surface area contributed by atoms with Crippen molar-refractivity contribution in [1.82, 2.24) is 0 Å². The van der Waals surface area contributed by atoms with E-state index in [0.29, 0.717) is 6.61 Å². The summed E-state index contributed by atoms with van der Waals surface area (Å²) in [6.07, 6.45) is 2.00. The minimum Gasteiger partial charge on any atom is -0.492 e. The molecule has 0 unspecified atom stereocenters. The molecule has 0 fully saturated rings. The highest BCUT2D eigenvalue weighted by Crippen LogP contribution is 2.29. The van der Waals surface area contributed by atoms with Crippen LogP contribution in [-0.4, -0.2) is 6.61 Å². The molecule has 2 nitrogen and oxygen atoms in total. The largest absolute Gasteiger partial charge is 0.492 e. The summed E-state index contributed by atoms with van der Waals surface area (Å²) in [5, 5.41) is 0. The van der Waals surface area contributed by atoms with E-state index in [1.165, 1.54) is 11.1 Å². The van der Waals surface area contributed by atoms with Gasteiger partial charge in [-0.25, -0.2) is 0 Å². The van der Waals surface area contributed by atoms with E-state index >= 15 is 0 Å². The van der Waals surface area contributed by atoms with Crippen LogP contribution >= 0.6 is 0 Å². The summed E-state index contributed by atoms with van der Waals surface area (Å²) < 4.78 is 5.45. The van der Waals surface area contributed by atoms with E-state index in [0.717, 1.165) is 24.3 Å². The summed E-state index contributed by atoms with van der Waals surface area (Å²) in [4.78, 5) is 0. The van der Waals surface area contributed by atoms with Crippen LogP contribution in [0.1, 0.15) is 31.9 Å². The van der Waals surface area contributed by atoms with Gasteiger partial charge in [0, 0.05) is 0 Å². The molecule has 0 atom stereocenters. The van der Waals surface area contributed by atoms with Crippen LogP contribution in [0.15, 0.2) is 12.1 Å². The zero-order valence-corrected chi connectivity index (χ0v) is 9.26. The van der Waals surface area contributed by atoms with Crippen LogP contribution in [0.5, 0.6) is 5.75 Å². The average Bonchev–Trinajstić information content (AvgIpc) is 2.21. The van der Waals surface area contributed by atoms with E-state index in [1.54, 1.807) is 0 Å². The molecule has 0 aromatic heterocycles. The molecule has 0 saturated carbocycles. The number of nitrogen functional groups attached to an aromatic ring is 1. The molecule has 0 bridgehead atoms. The molecule has 78 valence electrons. The molecule has 0 aliphatic heterocycles. The van der Waals surface area contributed by atoms with Crippen LogP contribution in [0.2, 0.25) is 0 Å². The molecule has 0 spiro atoms. The highest BCUT2D eigenvalue weighted by molar-refractivity contribution is 5.61. The predicted molar refractivity (Wildman–Crippen MR) is 60.8 cm³/mol. The number of nitrogens with two attached hydrogens (primary N) is 1. The van der Waals surface area contributed by atoms with Gasteiger partial charge in [0.25, 0.3) is 0 Å². The molecule has 0 saturated heterocycles. The maximum Gasteiger partial charge on any atom is 0.142 e. The lowest BCUT2D eigenvalue weighted by Crippen LogP contribution is -2.03. The highest BCUT2D eigenvalue weighted by Gasteiger charge is 2.08. The molecular formula is C12H19NO. The fourth-order valence-corrected chi connectivity index (χ4v) is 1.72. The normalized spacial score (nSPS) is 10.2. The van der Waals surface area contributed by atoms with Crippen LogP contribution in [0.4, 0.5) is 5.69 Å². The molecule has 0 heterocycles. The third-order valence-corrected chi connectivity index (χ3v) is 2.45. The lowest BCUT2D eigenvalue weighted by molar-refractivity contribution is 0.341. The molecule has 2 N–H and O–H groups in total. The number of ether oxygens (including phenoxy) is 1. The number of anilines is 1. The first-order valence-corrected chi connectivity index (χ1v) is 5.27. The molecule has 0 aliphatic carbocycles. The Morgan fingerprint density at radius 2 is 1.86 bits per heavy atom. The Bertz CT molecular complexity index is 307. The monoisotopic (exact) mass is 193 g/mol. The first kappa shape index (κ1) is 10.9. The van der Waals surface area contributed by atoms with Gasteiger partial charge in [-0.1, -0.05) is 19.9 Å². The van der Waals surface area contributed by atoms with Gasteiger partial charge in [-0.2, -0.15) is 0 Å². The SMILES string of the molecule is CCOc1ccc(CC)c(CC)c1N. The van der Waals surface area contributed by atoms with Crippen LogP contribution < -0.4 is 10.5 Å². The second-order valence-electron chi connectivity index (χ2n) is 3.26. The van der Waals surface area contributed by atoms with Gasteiger partial charge in [0.05, 0.1) is 12.3 Å². The second-order valence-corrected chi connectivity index (χ2v) is 3.26. The fraction of sp³-hybridized carbons (Fsp3) is 0.500. The Morgan fingerprint density at radius 3 is 2.36 bits per heavy atom. The Kier molecular flexibility index (Phi) is 3.81. The Hall–Kier alpha value is -1.18. The standard InChI is InChI=1S/C12H19NO/c1-4-9-7-8-11(14-6-3)12(13)10(9)5-2/h7-8H,4-6,13H2,1-3H3. The molecule has 2 heteroatoms. The van der Waals surface area contributed by atoms with E-state index in [2.05, 4.69) is 19.9 Å². The van der Waals surface area contributed by atoms with Crippen molar-refractivity contribution >= 4 is 5.69 Å². The van der Waals surface area contributed by atoms with Gasteiger partial charge < -0.3 is 10.5 Å². The Balaban J connectivity index is 3.13. The van der Waals surface area contributed by atoms with Crippen molar-refractivity contribution in [1.29, 1.82) is 0 Å². The van der Waals surface area contributed by atoms with Gasteiger partial charge in [0.2, 0.25) is 0 Å². The van der Waals surface area contributed by atoms with Crippen molar-refractivity contribution in [2.75, 3.05) is 12.3 Å². The van der Waals surface area contributed by atoms with Gasteiger partial charge in [-0.05, 0) is 37.0 Å². The van der Waals surface area contributed by atoms with Crippen LogP contribution in [0.3, 0.4) is 0 Å². The molecule has 14 heavy (non-hydrogen) atoms. The zero-order chi connectivity index (χ0) is 10.6. The lowest BCUT2D eigenvalue weighted by Gasteiger charge is -2.13. The van der Waals surface area contributed by atoms with Gasteiger partial charge in [-0.15, -0.1) is 0 Å². The number of hydrogen-bond donors (Lipinski definition) is 1. The highest BCUT2D eigenvalue weighted by atomic mass is 16.5. The molecule has 0 amide bonds. The predicted octanol–water partition coefficient (Wildman–Crippen LogP) is 2.79. The molecule has 1 aromatic carbocycles. The van der Waals surface area contributed by atoms with Gasteiger partial charge in [-0.3, -0.25) is 0 Å². The average molecular weight is 193 g/mol. The summed E-state index contributed by atoms with van der Waals surface area (Å²) in [5.41, 5.74) is 9.41. The van der Waals surface area contributed by atoms with E-state index in [9.17, 15) is 0 Å². The maximum absolute atomic E-state index is 6.03. The summed E-state index contributed by atoms with van der Waals surface area (Å²) in [7, 11) is 0. The summed E-state index contributed by atoms with van der Waals surface area (Å²) in [6.45, 7) is 6.91. The van der Waals surface area contributed by atoms with Crippen LogP contribution in [0, 0.1) is 0 Å². The van der Waals surface area contributed by atoms with Crippen LogP contribution in [0.25, 0.3) is 0 Å². The van der Waals surface area contributed by atoms with E-state index in [-0.39, 0.29) is 0 Å². The smallest absolute Gasteiger partial charge is 0.142 e. The van der Waals surface area contributed by atoms with E-state index < -0.39 is 0 Å². The molecule has 0 radical (unpaired) electrons. The Morgan fingerprint density at radius 1 is 1.14 bits per heavy atom. The number of rotatable bonds is 4. The summed E-state index contributed by atoms with van der Waals surface area (Å²) >= 11 is 0. The quantitative estimate of drug-likeness (QED) is 0.746. The van der Waals surface area contributed by atoms with Crippen molar-refractivity contribution < 1.29 is 4.74 Å². The third kappa shape index (κ3) is 2.00. The molecule has 0 aliphatic rings. The fourth-order valence-electron chi connectivity index (χ4n) is 1.72. The first-order chi connectivity index (χ1) is 6.74. The molecule has 1 rings (SSSR count). The third-order valence-electron chi connectivity index (χ3n) is 2.45. The van der Waals surface area contributed by atoms with Crippen molar-refractivity contribution in [3.05, 3.63) is 23.3 Å². The number of hydrogen-bond acceptors (Lipinski definition) is 2. The van der Waals surface area contributed by atoms with E-state index in [1.807, 2.05) is 13.0 Å². The van der Waals surface area contributed by atoms with Gasteiger partial charge in [0.15, 0.2) is 0 Å². The van der Waals surface area contributed by atoms with Gasteiger partial charge in [0.1, 0.15) is 5.75 Å². The van der Waals surface area contributed by atoms with Crippen molar-refractivity contribution in [2.24, 2.45) is 0 Å².